The number of hydrogen-bond acceptors (Lipinski definition) is 6. The van der Waals surface area contributed by atoms with Crippen molar-refractivity contribution in [2.45, 2.75) is 68.7 Å². The van der Waals surface area contributed by atoms with Crippen molar-refractivity contribution in [2.75, 3.05) is 47.1 Å². The molecule has 0 aromatic heterocycles. The Labute approximate surface area is 248 Å². The summed E-state index contributed by atoms with van der Waals surface area (Å²) in [6.07, 6.45) is 8.17. The first kappa shape index (κ1) is 26.8. The number of rotatable bonds is 4. The average molecular weight is 592 g/mol. The standard InChI is InChI=1S/C32H41N5O4S/c1-42(40,41)34-19-26-10-11-27(20-34)37(26)25-8-6-24(7-9-25)35-12-13-36(29-5-3-2-4-28(29)35)31(38)33-30-22-14-21-15-23(30)18-32(39,16-21)17-22/h2-9,21-23,26-27,30,39H,10-20H2,1H3,(H,33,38)/t21?,22?,23?,26-,27-,30?,32?/m1/s1. The first-order valence-corrected chi connectivity index (χ1v) is 17.5. The fourth-order valence-corrected chi connectivity index (χ4v) is 10.5. The first-order valence-electron chi connectivity index (χ1n) is 15.7. The molecule has 224 valence electrons. The minimum atomic E-state index is -3.18. The number of amides is 2. The van der Waals surface area contributed by atoms with Gasteiger partial charge in [0.2, 0.25) is 10.0 Å². The third-order valence-corrected chi connectivity index (χ3v) is 12.4. The molecule has 10 heteroatoms. The van der Waals surface area contributed by atoms with Gasteiger partial charge in [-0.2, -0.15) is 4.31 Å². The minimum absolute atomic E-state index is 0.0226. The molecule has 9 rings (SSSR count). The first-order chi connectivity index (χ1) is 20.1. The molecule has 2 aromatic carbocycles. The van der Waals surface area contributed by atoms with Gasteiger partial charge < -0.3 is 20.2 Å². The number of sulfonamides is 1. The zero-order valence-electron chi connectivity index (χ0n) is 24.2. The number of piperazine rings is 1. The van der Waals surface area contributed by atoms with Crippen molar-refractivity contribution in [1.29, 1.82) is 0 Å². The molecule has 3 aliphatic heterocycles. The number of benzene rings is 2. The zero-order chi connectivity index (χ0) is 28.8. The molecule has 6 fully saturated rings. The summed E-state index contributed by atoms with van der Waals surface area (Å²) in [6, 6.07) is 17.3. The molecular formula is C32H41N5O4S. The van der Waals surface area contributed by atoms with Crippen molar-refractivity contribution in [3.8, 4) is 0 Å². The summed E-state index contributed by atoms with van der Waals surface area (Å²) in [6.45, 7) is 2.40. The number of carbonyl (C=O) groups is 1. The SMILES string of the molecule is CS(=O)(=O)N1C[C@H]2CC[C@H](C1)N2c1ccc(N2CCN(C(=O)NC3C4CC5CC3CC(O)(C5)C4)c3ccccc32)cc1. The summed E-state index contributed by atoms with van der Waals surface area (Å²) < 4.78 is 26.0. The van der Waals surface area contributed by atoms with Crippen LogP contribution < -0.4 is 20.0 Å². The number of nitrogens with zero attached hydrogens (tertiary/aromatic N) is 4. The highest BCUT2D eigenvalue weighted by Gasteiger charge is 2.55. The zero-order valence-corrected chi connectivity index (χ0v) is 25.0. The lowest BCUT2D eigenvalue weighted by Crippen LogP contribution is -2.63. The van der Waals surface area contributed by atoms with Gasteiger partial charge >= 0.3 is 6.03 Å². The number of urea groups is 1. The number of para-hydroxylation sites is 2. The third kappa shape index (κ3) is 4.40. The molecule has 7 aliphatic rings. The van der Waals surface area contributed by atoms with Crippen LogP contribution in [-0.2, 0) is 10.0 Å². The fourth-order valence-electron chi connectivity index (χ4n) is 9.64. The van der Waals surface area contributed by atoms with Crippen LogP contribution in [0, 0.1) is 17.8 Å². The molecule has 0 radical (unpaired) electrons. The van der Waals surface area contributed by atoms with Gasteiger partial charge in [0.15, 0.2) is 0 Å². The van der Waals surface area contributed by atoms with Gasteiger partial charge in [0.25, 0.3) is 0 Å². The average Bonchev–Trinajstić information content (AvgIpc) is 3.21. The highest BCUT2D eigenvalue weighted by molar-refractivity contribution is 7.88. The Bertz CT molecular complexity index is 1470. The Balaban J connectivity index is 0.989. The van der Waals surface area contributed by atoms with Gasteiger partial charge in [-0.3, -0.25) is 4.90 Å². The summed E-state index contributed by atoms with van der Waals surface area (Å²) in [5, 5.41) is 14.4. The molecule has 6 bridgehead atoms. The third-order valence-electron chi connectivity index (χ3n) is 11.2. The Morgan fingerprint density at radius 1 is 0.881 bits per heavy atom. The smallest absolute Gasteiger partial charge is 0.322 e. The molecule has 2 aromatic rings. The predicted molar refractivity (Wildman–Crippen MR) is 164 cm³/mol. The summed E-state index contributed by atoms with van der Waals surface area (Å²) in [5.41, 5.74) is 3.67. The van der Waals surface area contributed by atoms with Crippen LogP contribution in [-0.4, -0.2) is 80.0 Å². The molecule has 42 heavy (non-hydrogen) atoms. The van der Waals surface area contributed by atoms with Gasteiger partial charge in [-0.05, 0) is 99.1 Å². The van der Waals surface area contributed by atoms with E-state index in [2.05, 4.69) is 45.4 Å². The molecule has 2 N–H and O–H groups in total. The second-order valence-corrected chi connectivity index (χ2v) is 15.8. The summed E-state index contributed by atoms with van der Waals surface area (Å²) in [7, 11) is -3.18. The van der Waals surface area contributed by atoms with E-state index < -0.39 is 15.6 Å². The van der Waals surface area contributed by atoms with Crippen LogP contribution in [0.15, 0.2) is 48.5 Å². The lowest BCUT2D eigenvalue weighted by atomic mass is 9.52. The molecule has 4 atom stereocenters. The van der Waals surface area contributed by atoms with E-state index in [0.29, 0.717) is 43.9 Å². The molecule has 4 saturated carbocycles. The van der Waals surface area contributed by atoms with Crippen molar-refractivity contribution in [3.63, 3.8) is 0 Å². The summed E-state index contributed by atoms with van der Waals surface area (Å²) in [4.78, 5) is 20.3. The number of nitrogens with one attached hydrogen (secondary N) is 1. The van der Waals surface area contributed by atoms with Crippen LogP contribution in [0.25, 0.3) is 0 Å². The van der Waals surface area contributed by atoms with E-state index in [4.69, 9.17) is 0 Å². The number of fused-ring (bicyclic) bond motifs is 3. The van der Waals surface area contributed by atoms with E-state index >= 15 is 0 Å². The van der Waals surface area contributed by atoms with Crippen molar-refractivity contribution < 1.29 is 18.3 Å². The molecule has 2 amide bonds. The topological polar surface area (TPSA) is 96.4 Å². The maximum absolute atomic E-state index is 13.7. The number of hydrogen-bond donors (Lipinski definition) is 2. The van der Waals surface area contributed by atoms with Gasteiger partial charge in [0.05, 0.1) is 23.2 Å². The van der Waals surface area contributed by atoms with Crippen LogP contribution in [0.3, 0.4) is 0 Å². The Kier molecular flexibility index (Phi) is 6.12. The van der Waals surface area contributed by atoms with Crippen LogP contribution in [0.5, 0.6) is 0 Å². The summed E-state index contributed by atoms with van der Waals surface area (Å²) in [5.74, 6) is 1.37. The van der Waals surface area contributed by atoms with Gasteiger partial charge in [-0.25, -0.2) is 13.2 Å². The second-order valence-electron chi connectivity index (χ2n) is 13.9. The van der Waals surface area contributed by atoms with E-state index in [1.54, 1.807) is 4.31 Å². The molecule has 3 heterocycles. The molecule has 2 unspecified atom stereocenters. The van der Waals surface area contributed by atoms with Gasteiger partial charge in [0, 0.05) is 55.7 Å². The molecule has 4 aliphatic carbocycles. The van der Waals surface area contributed by atoms with Gasteiger partial charge in [-0.15, -0.1) is 0 Å². The van der Waals surface area contributed by atoms with E-state index in [-0.39, 0.29) is 24.2 Å². The summed E-state index contributed by atoms with van der Waals surface area (Å²) >= 11 is 0. The van der Waals surface area contributed by atoms with E-state index in [9.17, 15) is 18.3 Å². The minimum Gasteiger partial charge on any atom is -0.390 e. The maximum atomic E-state index is 13.7. The molecule has 9 nitrogen and oxygen atoms in total. The van der Waals surface area contributed by atoms with E-state index in [0.717, 1.165) is 67.7 Å². The number of anilines is 4. The lowest BCUT2D eigenvalue weighted by molar-refractivity contribution is -0.136. The van der Waals surface area contributed by atoms with E-state index in [1.807, 2.05) is 23.1 Å². The Hall–Kier alpha value is -2.82. The van der Waals surface area contributed by atoms with Crippen molar-refractivity contribution in [2.24, 2.45) is 17.8 Å². The lowest BCUT2D eigenvalue weighted by Gasteiger charge is -2.58. The second kappa shape index (κ2) is 9.59. The number of aliphatic hydroxyl groups is 1. The molecule has 0 spiro atoms. The van der Waals surface area contributed by atoms with Gasteiger partial charge in [0.1, 0.15) is 0 Å². The van der Waals surface area contributed by atoms with Crippen LogP contribution in [0.2, 0.25) is 0 Å². The highest BCUT2D eigenvalue weighted by Crippen LogP contribution is 2.55. The molecule has 2 saturated heterocycles. The van der Waals surface area contributed by atoms with Crippen molar-refractivity contribution >= 4 is 38.8 Å². The van der Waals surface area contributed by atoms with Crippen LogP contribution >= 0.6 is 0 Å². The van der Waals surface area contributed by atoms with Crippen LogP contribution in [0.4, 0.5) is 27.5 Å². The van der Waals surface area contributed by atoms with Crippen molar-refractivity contribution in [1.82, 2.24) is 9.62 Å². The Morgan fingerprint density at radius 3 is 2.12 bits per heavy atom. The maximum Gasteiger partial charge on any atom is 0.322 e. The highest BCUT2D eigenvalue weighted by atomic mass is 32.2. The van der Waals surface area contributed by atoms with E-state index in [1.165, 1.54) is 6.26 Å². The predicted octanol–water partition coefficient (Wildman–Crippen LogP) is 3.91. The van der Waals surface area contributed by atoms with Gasteiger partial charge in [-0.1, -0.05) is 12.1 Å². The van der Waals surface area contributed by atoms with Crippen molar-refractivity contribution in [3.05, 3.63) is 48.5 Å². The normalized spacial score (nSPS) is 35.4. The fraction of sp³-hybridized carbons (Fsp3) is 0.594. The monoisotopic (exact) mass is 591 g/mol. The Morgan fingerprint density at radius 2 is 1.50 bits per heavy atom. The largest absolute Gasteiger partial charge is 0.390 e. The number of carbonyl (C=O) groups excluding carboxylic acids is 1. The van der Waals surface area contributed by atoms with Crippen LogP contribution in [0.1, 0.15) is 44.9 Å². The quantitative estimate of drug-likeness (QED) is 0.560. The molecular weight excluding hydrogens is 550 g/mol.